The quantitative estimate of drug-likeness (QED) is 0.322. The van der Waals surface area contributed by atoms with Crippen molar-refractivity contribution in [3.05, 3.63) is 71.6 Å². The molecule has 1 unspecified atom stereocenters. The number of allylic oxidation sites excluding steroid dienone is 1. The summed E-state index contributed by atoms with van der Waals surface area (Å²) in [5, 5.41) is 2.56. The van der Waals surface area contributed by atoms with Crippen LogP contribution in [0.5, 0.6) is 0 Å². The van der Waals surface area contributed by atoms with Crippen molar-refractivity contribution >= 4 is 39.3 Å². The van der Waals surface area contributed by atoms with Crippen molar-refractivity contribution in [1.29, 1.82) is 0 Å². The smallest absolute Gasteiger partial charge is 0.434 e. The second kappa shape index (κ2) is 11.1. The summed E-state index contributed by atoms with van der Waals surface area (Å²) in [5.41, 5.74) is 0.0423. The number of fused-ring (bicyclic) bond motifs is 1. The predicted molar refractivity (Wildman–Crippen MR) is 135 cm³/mol. The number of sulfonamides is 1. The average molecular weight is 566 g/mol. The molecule has 1 saturated heterocycles. The molecule has 206 valence electrons. The van der Waals surface area contributed by atoms with E-state index in [1.165, 1.54) is 37.4 Å². The molecular formula is C25H23F4N5O4S. The molecule has 1 atom stereocenters. The van der Waals surface area contributed by atoms with Crippen LogP contribution in [0.25, 0.3) is 11.0 Å². The first kappa shape index (κ1) is 28.1. The van der Waals surface area contributed by atoms with E-state index in [0.717, 1.165) is 16.4 Å². The summed E-state index contributed by atoms with van der Waals surface area (Å²) in [6.45, 7) is 4.43. The van der Waals surface area contributed by atoms with Gasteiger partial charge in [0.1, 0.15) is 17.4 Å². The summed E-state index contributed by atoms with van der Waals surface area (Å²) >= 11 is 0. The minimum atomic E-state index is -4.69. The third-order valence-corrected chi connectivity index (χ3v) is 7.81. The van der Waals surface area contributed by atoms with Crippen molar-refractivity contribution in [1.82, 2.24) is 14.6 Å². The Hall–Kier alpha value is -3.91. The van der Waals surface area contributed by atoms with Crippen molar-refractivity contribution in [2.45, 2.75) is 43.6 Å². The molecule has 0 spiro atoms. The lowest BCUT2D eigenvalue weighted by Gasteiger charge is -2.22. The summed E-state index contributed by atoms with van der Waals surface area (Å²) < 4.78 is 84.9. The van der Waals surface area contributed by atoms with Gasteiger partial charge in [0.25, 0.3) is 10.0 Å². The van der Waals surface area contributed by atoms with Gasteiger partial charge in [-0.05, 0) is 62.4 Å². The highest BCUT2D eigenvalue weighted by Crippen LogP contribution is 2.30. The molecule has 1 aliphatic heterocycles. The lowest BCUT2D eigenvalue weighted by molar-refractivity contribution is -0.124. The monoisotopic (exact) mass is 565 g/mol. The van der Waals surface area contributed by atoms with Crippen LogP contribution in [0.1, 0.15) is 31.0 Å². The Kier molecular flexibility index (Phi) is 7.97. The molecule has 4 rings (SSSR count). The fourth-order valence-electron chi connectivity index (χ4n) is 4.05. The Morgan fingerprint density at radius 1 is 1.28 bits per heavy atom. The zero-order valence-corrected chi connectivity index (χ0v) is 21.4. The van der Waals surface area contributed by atoms with E-state index in [-0.39, 0.29) is 41.3 Å². The Bertz CT molecular complexity index is 1580. The molecule has 9 nitrogen and oxygen atoms in total. The standard InChI is InChI=1S/C25H23F4N5O4S/c1-15(32-14-22(30-2)25(27,28)29)16-7-8-31-19(11-16)13-33-24(35)20-4-3-9-34(20)39(36,37)23-12-17-10-18(26)5-6-21(17)38-23/h5-8,10-12,14,20H,2-4,9,13H2,1H3,(H,33,35)/b22-14-,32-15?. The van der Waals surface area contributed by atoms with E-state index >= 15 is 0 Å². The third kappa shape index (κ3) is 6.23. The van der Waals surface area contributed by atoms with Crippen molar-refractivity contribution in [2.24, 2.45) is 9.98 Å². The number of furan rings is 1. The topological polar surface area (TPSA) is 117 Å². The molecule has 3 aromatic rings. The summed E-state index contributed by atoms with van der Waals surface area (Å²) in [7, 11) is -4.18. The first-order valence-corrected chi connectivity index (χ1v) is 13.1. The van der Waals surface area contributed by atoms with Gasteiger partial charge in [0.05, 0.1) is 18.4 Å². The number of rotatable bonds is 8. The Morgan fingerprint density at radius 3 is 2.77 bits per heavy atom. The first-order chi connectivity index (χ1) is 18.4. The number of hydrogen-bond donors (Lipinski definition) is 1. The number of benzene rings is 1. The number of carbonyl (C=O) groups is 1. The molecule has 3 heterocycles. The zero-order chi connectivity index (χ0) is 28.4. The molecule has 1 N–H and O–H groups in total. The largest absolute Gasteiger partial charge is 0.443 e. The molecule has 1 aliphatic rings. The number of alkyl halides is 3. The second-order valence-electron chi connectivity index (χ2n) is 8.66. The SMILES string of the molecule is C=N/C(=C\N=C(C)c1ccnc(CNC(=O)C2CCCN2S(=O)(=O)c2cc3cc(F)ccc3o2)c1)C(F)(F)F. The number of nitrogens with one attached hydrogen (secondary N) is 1. The van der Waals surface area contributed by atoms with E-state index in [0.29, 0.717) is 23.9 Å². The normalized spacial score (nSPS) is 17.5. The minimum Gasteiger partial charge on any atom is -0.443 e. The van der Waals surface area contributed by atoms with E-state index in [9.17, 15) is 30.8 Å². The first-order valence-electron chi connectivity index (χ1n) is 11.6. The Labute approximate surface area is 221 Å². The van der Waals surface area contributed by atoms with E-state index in [1.54, 1.807) is 0 Å². The number of nitrogens with zero attached hydrogens (tertiary/aromatic N) is 4. The fourth-order valence-corrected chi connectivity index (χ4v) is 5.66. The fraction of sp³-hybridized carbons (Fsp3) is 0.280. The lowest BCUT2D eigenvalue weighted by Crippen LogP contribution is -2.45. The van der Waals surface area contributed by atoms with Crippen LogP contribution in [0.3, 0.4) is 0 Å². The third-order valence-electron chi connectivity index (χ3n) is 6.04. The Morgan fingerprint density at radius 2 is 2.05 bits per heavy atom. The highest BCUT2D eigenvalue weighted by atomic mass is 32.2. The maximum atomic E-state index is 13.5. The molecule has 39 heavy (non-hydrogen) atoms. The van der Waals surface area contributed by atoms with Crippen LogP contribution in [-0.2, 0) is 21.4 Å². The number of amides is 1. The van der Waals surface area contributed by atoms with Gasteiger partial charge in [0.15, 0.2) is 5.70 Å². The van der Waals surface area contributed by atoms with Gasteiger partial charge in [0, 0.05) is 29.9 Å². The summed E-state index contributed by atoms with van der Waals surface area (Å²) in [4.78, 5) is 23.9. The molecule has 0 saturated carbocycles. The minimum absolute atomic E-state index is 0.0634. The summed E-state index contributed by atoms with van der Waals surface area (Å²) in [6, 6.07) is 6.94. The van der Waals surface area contributed by atoms with Gasteiger partial charge in [0.2, 0.25) is 11.0 Å². The highest BCUT2D eigenvalue weighted by molar-refractivity contribution is 7.89. The molecule has 1 aromatic carbocycles. The van der Waals surface area contributed by atoms with Crippen LogP contribution >= 0.6 is 0 Å². The number of pyridine rings is 1. The highest BCUT2D eigenvalue weighted by Gasteiger charge is 2.41. The van der Waals surface area contributed by atoms with Gasteiger partial charge in [-0.3, -0.25) is 19.8 Å². The Balaban J connectivity index is 1.46. The van der Waals surface area contributed by atoms with E-state index in [2.05, 4.69) is 27.0 Å². The van der Waals surface area contributed by atoms with Crippen LogP contribution in [0.15, 0.2) is 74.0 Å². The maximum Gasteiger partial charge on any atom is 0.434 e. The lowest BCUT2D eigenvalue weighted by atomic mass is 10.1. The summed E-state index contributed by atoms with van der Waals surface area (Å²) in [5.74, 6) is -1.09. The molecule has 1 amide bonds. The van der Waals surface area contributed by atoms with Crippen molar-refractivity contribution in [3.8, 4) is 0 Å². The molecule has 0 aliphatic carbocycles. The number of aromatic nitrogens is 1. The van der Waals surface area contributed by atoms with Crippen LogP contribution in [-0.4, -0.2) is 54.8 Å². The summed E-state index contributed by atoms with van der Waals surface area (Å²) in [6.07, 6.45) is -1.99. The molecule has 0 radical (unpaired) electrons. The van der Waals surface area contributed by atoms with Gasteiger partial charge in [-0.1, -0.05) is 0 Å². The number of aliphatic imine (C=N–C) groups is 2. The van der Waals surface area contributed by atoms with E-state index in [4.69, 9.17) is 4.42 Å². The zero-order valence-electron chi connectivity index (χ0n) is 20.6. The van der Waals surface area contributed by atoms with Gasteiger partial charge in [-0.25, -0.2) is 12.8 Å². The van der Waals surface area contributed by atoms with Crippen molar-refractivity contribution < 1.29 is 35.2 Å². The van der Waals surface area contributed by atoms with E-state index < -0.39 is 39.7 Å². The molecule has 1 fully saturated rings. The molecular weight excluding hydrogens is 542 g/mol. The predicted octanol–water partition coefficient (Wildman–Crippen LogP) is 4.35. The number of hydrogen-bond acceptors (Lipinski definition) is 7. The van der Waals surface area contributed by atoms with Crippen molar-refractivity contribution in [2.75, 3.05) is 6.54 Å². The molecule has 2 aromatic heterocycles. The molecule has 0 bridgehead atoms. The maximum absolute atomic E-state index is 13.5. The van der Waals surface area contributed by atoms with Crippen LogP contribution in [0, 0.1) is 5.82 Å². The van der Waals surface area contributed by atoms with Gasteiger partial charge in [-0.2, -0.15) is 17.5 Å². The molecule has 14 heteroatoms. The van der Waals surface area contributed by atoms with Crippen LogP contribution in [0.4, 0.5) is 17.6 Å². The number of halogens is 4. The average Bonchev–Trinajstić information content (AvgIpc) is 3.55. The van der Waals surface area contributed by atoms with Gasteiger partial charge < -0.3 is 9.73 Å². The van der Waals surface area contributed by atoms with Crippen molar-refractivity contribution in [3.63, 3.8) is 0 Å². The van der Waals surface area contributed by atoms with Gasteiger partial charge >= 0.3 is 6.18 Å². The van der Waals surface area contributed by atoms with Crippen LogP contribution in [0.2, 0.25) is 0 Å². The second-order valence-corrected chi connectivity index (χ2v) is 10.5. The van der Waals surface area contributed by atoms with Gasteiger partial charge in [-0.15, -0.1) is 0 Å². The number of carbonyl (C=O) groups excluding carboxylic acids is 1. The van der Waals surface area contributed by atoms with E-state index in [1.807, 2.05) is 0 Å². The van der Waals surface area contributed by atoms with Crippen LogP contribution < -0.4 is 5.32 Å².